The lowest BCUT2D eigenvalue weighted by molar-refractivity contribution is -0.122. The minimum Gasteiger partial charge on any atom is -0.496 e. The van der Waals surface area contributed by atoms with Crippen LogP contribution in [0.1, 0.15) is 25.0 Å². The number of amides is 1. The van der Waals surface area contributed by atoms with Crippen LogP contribution in [0, 0.1) is 6.92 Å². The lowest BCUT2D eigenvalue weighted by Gasteiger charge is -2.23. The van der Waals surface area contributed by atoms with Gasteiger partial charge in [0.1, 0.15) is 17.1 Å². The Labute approximate surface area is 145 Å². The molecule has 0 saturated heterocycles. The fourth-order valence-corrected chi connectivity index (χ4v) is 2.59. The van der Waals surface area contributed by atoms with Crippen molar-refractivity contribution in [3.63, 3.8) is 0 Å². The molecule has 0 bridgehead atoms. The molecule has 1 heterocycles. The number of ether oxygens (including phenoxy) is 2. The van der Waals surface area contributed by atoms with Crippen molar-refractivity contribution in [2.75, 3.05) is 20.8 Å². The normalized spacial score (nSPS) is 11.4. The van der Waals surface area contributed by atoms with Crippen LogP contribution in [0.5, 0.6) is 11.5 Å². The van der Waals surface area contributed by atoms with Crippen LogP contribution in [0.25, 0.3) is 11.0 Å². The molecule has 0 atom stereocenters. The van der Waals surface area contributed by atoms with Gasteiger partial charge in [-0.25, -0.2) is 4.79 Å². The van der Waals surface area contributed by atoms with Gasteiger partial charge < -0.3 is 24.3 Å². The number of methoxy groups -OCH3 is 2. The first-order chi connectivity index (χ1) is 11.7. The van der Waals surface area contributed by atoms with Crippen LogP contribution in [0.4, 0.5) is 0 Å². The number of carbonyl (C=O) groups excluding carboxylic acids is 1. The maximum atomic E-state index is 12.3. The third-order valence-electron chi connectivity index (χ3n) is 3.98. The van der Waals surface area contributed by atoms with Crippen molar-refractivity contribution >= 4 is 16.9 Å². The van der Waals surface area contributed by atoms with Gasteiger partial charge in [0.05, 0.1) is 43.7 Å². The second kappa shape index (κ2) is 7.14. The van der Waals surface area contributed by atoms with Crippen molar-refractivity contribution in [1.29, 1.82) is 0 Å². The third kappa shape index (κ3) is 3.93. The fourth-order valence-electron chi connectivity index (χ4n) is 2.59. The molecule has 2 rings (SSSR count). The molecule has 0 aliphatic heterocycles. The van der Waals surface area contributed by atoms with E-state index in [-0.39, 0.29) is 24.5 Å². The van der Waals surface area contributed by atoms with Crippen molar-refractivity contribution in [1.82, 2.24) is 5.32 Å². The number of hydrogen-bond acceptors (Lipinski definition) is 6. The van der Waals surface area contributed by atoms with Crippen LogP contribution in [-0.2, 0) is 11.2 Å². The largest absolute Gasteiger partial charge is 0.496 e. The van der Waals surface area contributed by atoms with Crippen molar-refractivity contribution in [2.24, 2.45) is 0 Å². The number of carbonyl (C=O) groups is 1. The maximum absolute atomic E-state index is 12.3. The Bertz CT molecular complexity index is 853. The topological polar surface area (TPSA) is 98.0 Å². The zero-order valence-corrected chi connectivity index (χ0v) is 15.1. The van der Waals surface area contributed by atoms with Crippen molar-refractivity contribution in [3.8, 4) is 11.5 Å². The molecule has 2 aromatic rings. The molecule has 0 unspecified atom stereocenters. The molecule has 0 aliphatic rings. The summed E-state index contributed by atoms with van der Waals surface area (Å²) in [4.78, 5) is 24.6. The van der Waals surface area contributed by atoms with E-state index >= 15 is 0 Å². The molecule has 0 saturated carbocycles. The van der Waals surface area contributed by atoms with Crippen LogP contribution in [0.15, 0.2) is 21.3 Å². The van der Waals surface area contributed by atoms with Gasteiger partial charge in [0.2, 0.25) is 5.91 Å². The number of rotatable bonds is 6. The molecule has 0 spiro atoms. The second-order valence-electron chi connectivity index (χ2n) is 6.46. The minimum atomic E-state index is -0.771. The van der Waals surface area contributed by atoms with Gasteiger partial charge in [-0.3, -0.25) is 4.79 Å². The highest BCUT2D eigenvalue weighted by atomic mass is 16.5. The molecule has 2 N–H and O–H groups in total. The molecule has 1 aromatic heterocycles. The van der Waals surface area contributed by atoms with Crippen LogP contribution >= 0.6 is 0 Å². The highest BCUT2D eigenvalue weighted by Crippen LogP contribution is 2.33. The Balaban J connectivity index is 2.52. The number of aryl methyl sites for hydroxylation is 1. The van der Waals surface area contributed by atoms with Gasteiger partial charge in [0, 0.05) is 12.1 Å². The molecule has 0 fully saturated rings. The van der Waals surface area contributed by atoms with E-state index in [2.05, 4.69) is 5.32 Å². The maximum Gasteiger partial charge on any atom is 0.340 e. The monoisotopic (exact) mass is 349 g/mol. The predicted molar refractivity (Wildman–Crippen MR) is 93.3 cm³/mol. The predicted octanol–water partition coefficient (Wildman–Crippen LogP) is 1.55. The zero-order chi connectivity index (χ0) is 18.8. The van der Waals surface area contributed by atoms with E-state index in [1.54, 1.807) is 32.9 Å². The summed E-state index contributed by atoms with van der Waals surface area (Å²) in [5.74, 6) is 0.622. The Morgan fingerprint density at radius 2 is 1.96 bits per heavy atom. The summed E-state index contributed by atoms with van der Waals surface area (Å²) < 4.78 is 15.9. The lowest BCUT2D eigenvalue weighted by Crippen LogP contribution is -2.47. The molecular weight excluding hydrogens is 326 g/mol. The highest BCUT2D eigenvalue weighted by Gasteiger charge is 2.22. The van der Waals surface area contributed by atoms with E-state index in [0.717, 1.165) is 0 Å². The first-order valence-electron chi connectivity index (χ1n) is 7.82. The number of benzene rings is 1. The van der Waals surface area contributed by atoms with Gasteiger partial charge in [0.25, 0.3) is 0 Å². The second-order valence-corrected chi connectivity index (χ2v) is 6.46. The van der Waals surface area contributed by atoms with E-state index in [1.807, 2.05) is 0 Å². The van der Waals surface area contributed by atoms with E-state index in [0.29, 0.717) is 28.0 Å². The standard InChI is InChI=1S/C18H23NO6/c1-10-12(8-15(21)19-18(2,3)9-20)17(22)25-14-7-11(23-4)6-13(24-5)16(10)14/h6-7,20H,8-9H2,1-5H3,(H,19,21). The number of aliphatic hydroxyl groups is 1. The van der Waals surface area contributed by atoms with E-state index in [9.17, 15) is 14.7 Å². The first-order valence-corrected chi connectivity index (χ1v) is 7.82. The smallest absolute Gasteiger partial charge is 0.340 e. The van der Waals surface area contributed by atoms with Crippen LogP contribution in [-0.4, -0.2) is 37.4 Å². The van der Waals surface area contributed by atoms with E-state index in [4.69, 9.17) is 13.9 Å². The third-order valence-corrected chi connectivity index (χ3v) is 3.98. The first kappa shape index (κ1) is 18.8. The zero-order valence-electron chi connectivity index (χ0n) is 15.1. The van der Waals surface area contributed by atoms with Gasteiger partial charge in [-0.2, -0.15) is 0 Å². The Hall–Kier alpha value is -2.54. The molecule has 0 radical (unpaired) electrons. The molecule has 25 heavy (non-hydrogen) atoms. The number of fused-ring (bicyclic) bond motifs is 1. The Kier molecular flexibility index (Phi) is 5.37. The van der Waals surface area contributed by atoms with E-state index in [1.165, 1.54) is 14.2 Å². The van der Waals surface area contributed by atoms with Gasteiger partial charge in [-0.15, -0.1) is 0 Å². The van der Waals surface area contributed by atoms with Crippen LogP contribution < -0.4 is 20.4 Å². The molecule has 7 heteroatoms. The number of hydrogen-bond donors (Lipinski definition) is 2. The summed E-state index contributed by atoms with van der Waals surface area (Å²) in [6.45, 7) is 4.91. The summed E-state index contributed by atoms with van der Waals surface area (Å²) in [7, 11) is 3.02. The summed E-state index contributed by atoms with van der Waals surface area (Å²) in [5, 5.41) is 12.6. The van der Waals surface area contributed by atoms with Crippen molar-refractivity contribution in [3.05, 3.63) is 33.7 Å². The van der Waals surface area contributed by atoms with Crippen LogP contribution in [0.3, 0.4) is 0 Å². The molecular formula is C18H23NO6. The fraction of sp³-hybridized carbons (Fsp3) is 0.444. The average molecular weight is 349 g/mol. The molecule has 1 amide bonds. The number of nitrogens with one attached hydrogen (secondary N) is 1. The van der Waals surface area contributed by atoms with Gasteiger partial charge in [-0.1, -0.05) is 0 Å². The van der Waals surface area contributed by atoms with Gasteiger partial charge in [-0.05, 0) is 26.3 Å². The van der Waals surface area contributed by atoms with Gasteiger partial charge >= 0.3 is 5.63 Å². The average Bonchev–Trinajstić information content (AvgIpc) is 2.56. The van der Waals surface area contributed by atoms with Crippen molar-refractivity contribution < 1.29 is 23.8 Å². The summed E-state index contributed by atoms with van der Waals surface area (Å²) in [6.07, 6.45) is -0.150. The summed E-state index contributed by atoms with van der Waals surface area (Å²) >= 11 is 0. The molecule has 0 aliphatic carbocycles. The Morgan fingerprint density at radius 1 is 1.28 bits per heavy atom. The quantitative estimate of drug-likeness (QED) is 0.768. The SMILES string of the molecule is COc1cc(OC)c2c(C)c(CC(=O)NC(C)(C)CO)c(=O)oc2c1. The minimum absolute atomic E-state index is 0.150. The number of aliphatic hydroxyl groups excluding tert-OH is 1. The molecule has 136 valence electrons. The molecule has 1 aromatic carbocycles. The summed E-state index contributed by atoms with van der Waals surface area (Å²) in [5.41, 5.74) is -0.159. The van der Waals surface area contributed by atoms with Crippen LogP contribution in [0.2, 0.25) is 0 Å². The van der Waals surface area contributed by atoms with E-state index < -0.39 is 11.2 Å². The van der Waals surface area contributed by atoms with Crippen molar-refractivity contribution in [2.45, 2.75) is 32.7 Å². The van der Waals surface area contributed by atoms with Gasteiger partial charge in [0.15, 0.2) is 0 Å². The highest BCUT2D eigenvalue weighted by molar-refractivity contribution is 5.90. The Morgan fingerprint density at radius 3 is 2.52 bits per heavy atom. The molecule has 7 nitrogen and oxygen atoms in total. The summed E-state index contributed by atoms with van der Waals surface area (Å²) in [6, 6.07) is 3.29. The lowest BCUT2D eigenvalue weighted by atomic mass is 10.0.